The maximum absolute atomic E-state index is 12.6. The molecular formula is C22H24ClN3O5. The lowest BCUT2D eigenvalue weighted by atomic mass is 10.2. The zero-order chi connectivity index (χ0) is 22.8. The predicted octanol–water partition coefficient (Wildman–Crippen LogP) is 4.36. The predicted molar refractivity (Wildman–Crippen MR) is 119 cm³/mol. The minimum absolute atomic E-state index is 0.181. The highest BCUT2D eigenvalue weighted by Crippen LogP contribution is 2.34. The van der Waals surface area contributed by atoms with E-state index in [1.807, 2.05) is 6.92 Å². The van der Waals surface area contributed by atoms with E-state index in [2.05, 4.69) is 10.6 Å². The number of halogens is 1. The number of benzene rings is 2. The van der Waals surface area contributed by atoms with E-state index in [1.54, 1.807) is 57.2 Å². The van der Waals surface area contributed by atoms with Crippen LogP contribution in [0, 0.1) is 6.92 Å². The van der Waals surface area contributed by atoms with Crippen molar-refractivity contribution in [2.75, 3.05) is 28.7 Å². The van der Waals surface area contributed by atoms with Crippen molar-refractivity contribution in [2.45, 2.75) is 33.3 Å². The summed E-state index contributed by atoms with van der Waals surface area (Å²) < 4.78 is 10.7. The van der Waals surface area contributed by atoms with Crippen molar-refractivity contribution in [3.8, 4) is 5.75 Å². The number of carbonyl (C=O) groups is 3. The summed E-state index contributed by atoms with van der Waals surface area (Å²) >= 11 is 5.95. The number of amides is 3. The van der Waals surface area contributed by atoms with Crippen LogP contribution in [0.4, 0.5) is 21.9 Å². The molecule has 2 aromatic rings. The second kappa shape index (κ2) is 8.85. The molecule has 8 nitrogen and oxygen atoms in total. The van der Waals surface area contributed by atoms with Crippen LogP contribution in [0.15, 0.2) is 36.4 Å². The molecule has 0 fully saturated rings. The Labute approximate surface area is 185 Å². The molecule has 0 spiro atoms. The molecule has 3 rings (SSSR count). The van der Waals surface area contributed by atoms with Gasteiger partial charge in [-0.3, -0.25) is 19.8 Å². The minimum Gasteiger partial charge on any atom is -0.482 e. The van der Waals surface area contributed by atoms with Gasteiger partial charge in [-0.1, -0.05) is 11.6 Å². The second-order valence-corrected chi connectivity index (χ2v) is 8.52. The third-order valence-corrected chi connectivity index (χ3v) is 4.55. The lowest BCUT2D eigenvalue weighted by Crippen LogP contribution is -2.43. The Balaban J connectivity index is 1.77. The maximum atomic E-state index is 12.6. The van der Waals surface area contributed by atoms with Crippen molar-refractivity contribution in [3.05, 3.63) is 47.0 Å². The van der Waals surface area contributed by atoms with E-state index < -0.39 is 11.7 Å². The Hall–Kier alpha value is -3.26. The number of hydrogen-bond donors (Lipinski definition) is 2. The van der Waals surface area contributed by atoms with Gasteiger partial charge in [-0.25, -0.2) is 4.79 Å². The number of nitrogens with zero attached hydrogens (tertiary/aromatic N) is 1. The van der Waals surface area contributed by atoms with E-state index in [-0.39, 0.29) is 25.0 Å². The fourth-order valence-corrected chi connectivity index (χ4v) is 3.20. The molecule has 0 radical (unpaired) electrons. The second-order valence-electron chi connectivity index (χ2n) is 8.09. The molecule has 0 aromatic heterocycles. The van der Waals surface area contributed by atoms with Gasteiger partial charge in [0.15, 0.2) is 6.61 Å². The van der Waals surface area contributed by atoms with Crippen LogP contribution >= 0.6 is 11.6 Å². The molecule has 31 heavy (non-hydrogen) atoms. The van der Waals surface area contributed by atoms with Crippen molar-refractivity contribution in [1.29, 1.82) is 0 Å². The van der Waals surface area contributed by atoms with Crippen molar-refractivity contribution < 1.29 is 23.9 Å². The van der Waals surface area contributed by atoms with Crippen LogP contribution in [-0.2, 0) is 14.3 Å². The highest BCUT2D eigenvalue weighted by Gasteiger charge is 2.28. The summed E-state index contributed by atoms with van der Waals surface area (Å²) in [7, 11) is 0. The number of fused-ring (bicyclic) bond motifs is 1. The van der Waals surface area contributed by atoms with Gasteiger partial charge in [0.25, 0.3) is 5.91 Å². The average Bonchev–Trinajstić information content (AvgIpc) is 2.65. The van der Waals surface area contributed by atoms with Gasteiger partial charge >= 0.3 is 6.09 Å². The van der Waals surface area contributed by atoms with Gasteiger partial charge in [0.1, 0.15) is 17.9 Å². The fraction of sp³-hybridized carbons (Fsp3) is 0.318. The lowest BCUT2D eigenvalue weighted by molar-refractivity contribution is -0.123. The van der Waals surface area contributed by atoms with Crippen LogP contribution in [0.25, 0.3) is 0 Å². The highest BCUT2D eigenvalue weighted by atomic mass is 35.5. The first-order valence-electron chi connectivity index (χ1n) is 9.65. The largest absolute Gasteiger partial charge is 0.482 e. The quantitative estimate of drug-likeness (QED) is 0.728. The topological polar surface area (TPSA) is 97.0 Å². The molecule has 0 unspecified atom stereocenters. The molecule has 1 aliphatic heterocycles. The SMILES string of the molecule is Cc1cc(Cl)ccc1NC(=O)CN1C(=O)COc2ccc(NC(=O)OC(C)(C)C)cc21. The number of rotatable bonds is 4. The molecule has 2 N–H and O–H groups in total. The lowest BCUT2D eigenvalue weighted by Gasteiger charge is -2.29. The third kappa shape index (κ3) is 5.88. The van der Waals surface area contributed by atoms with E-state index in [9.17, 15) is 14.4 Å². The summed E-state index contributed by atoms with van der Waals surface area (Å²) in [6.45, 7) is 6.70. The molecule has 9 heteroatoms. The maximum Gasteiger partial charge on any atom is 0.412 e. The Bertz CT molecular complexity index is 1030. The zero-order valence-corrected chi connectivity index (χ0v) is 18.5. The molecule has 1 heterocycles. The summed E-state index contributed by atoms with van der Waals surface area (Å²) in [5, 5.41) is 5.98. The standard InChI is InChI=1S/C22H24ClN3O5/c1-13-9-14(23)5-7-16(13)25-19(27)11-26-17-10-15(24-21(29)31-22(2,3)4)6-8-18(17)30-12-20(26)28/h5-10H,11-12H2,1-4H3,(H,24,29)(H,25,27). The number of ether oxygens (including phenoxy) is 2. The number of carbonyl (C=O) groups excluding carboxylic acids is 3. The average molecular weight is 446 g/mol. The van der Waals surface area contributed by atoms with Gasteiger partial charge < -0.3 is 14.8 Å². The Morgan fingerprint density at radius 3 is 2.58 bits per heavy atom. The van der Waals surface area contributed by atoms with Crippen LogP contribution < -0.4 is 20.3 Å². The monoisotopic (exact) mass is 445 g/mol. The smallest absolute Gasteiger partial charge is 0.412 e. The van der Waals surface area contributed by atoms with Gasteiger partial charge in [0, 0.05) is 16.4 Å². The molecule has 0 bridgehead atoms. The summed E-state index contributed by atoms with van der Waals surface area (Å²) in [5.74, 6) is -0.313. The van der Waals surface area contributed by atoms with E-state index in [1.165, 1.54) is 4.90 Å². The molecule has 3 amide bonds. The molecular weight excluding hydrogens is 422 g/mol. The minimum atomic E-state index is -0.651. The molecule has 0 aliphatic carbocycles. The Kier molecular flexibility index (Phi) is 6.40. The van der Waals surface area contributed by atoms with Crippen molar-refractivity contribution >= 4 is 46.6 Å². The van der Waals surface area contributed by atoms with Crippen LogP contribution in [-0.4, -0.2) is 36.7 Å². The Morgan fingerprint density at radius 2 is 1.90 bits per heavy atom. The molecule has 2 aromatic carbocycles. The molecule has 1 aliphatic rings. The summed E-state index contributed by atoms with van der Waals surface area (Å²) in [6, 6.07) is 9.94. The first-order valence-corrected chi connectivity index (χ1v) is 10.0. The number of aryl methyl sites for hydroxylation is 1. The normalized spacial score (nSPS) is 13.2. The summed E-state index contributed by atoms with van der Waals surface area (Å²) in [4.78, 5) is 38.5. The van der Waals surface area contributed by atoms with Crippen LogP contribution in [0.3, 0.4) is 0 Å². The summed E-state index contributed by atoms with van der Waals surface area (Å²) in [6.07, 6.45) is -0.627. The first kappa shape index (κ1) is 22.4. The van der Waals surface area contributed by atoms with Gasteiger partial charge in [0.05, 0.1) is 5.69 Å². The zero-order valence-electron chi connectivity index (χ0n) is 17.7. The number of hydrogen-bond acceptors (Lipinski definition) is 5. The van der Waals surface area contributed by atoms with Gasteiger partial charge in [-0.15, -0.1) is 0 Å². The Morgan fingerprint density at radius 1 is 1.16 bits per heavy atom. The van der Waals surface area contributed by atoms with E-state index in [4.69, 9.17) is 21.1 Å². The van der Waals surface area contributed by atoms with Crippen molar-refractivity contribution in [1.82, 2.24) is 0 Å². The molecule has 0 saturated carbocycles. The van der Waals surface area contributed by atoms with Gasteiger partial charge in [-0.2, -0.15) is 0 Å². The van der Waals surface area contributed by atoms with Gasteiger partial charge in [-0.05, 0) is 69.7 Å². The van der Waals surface area contributed by atoms with Crippen LogP contribution in [0.1, 0.15) is 26.3 Å². The van der Waals surface area contributed by atoms with Crippen LogP contribution in [0.2, 0.25) is 5.02 Å². The number of anilines is 3. The van der Waals surface area contributed by atoms with Gasteiger partial charge in [0.2, 0.25) is 5.91 Å². The van der Waals surface area contributed by atoms with Crippen LogP contribution in [0.5, 0.6) is 5.75 Å². The summed E-state index contributed by atoms with van der Waals surface area (Å²) in [5.41, 5.74) is 1.55. The molecule has 0 atom stereocenters. The van der Waals surface area contributed by atoms with E-state index in [0.29, 0.717) is 27.8 Å². The molecule has 164 valence electrons. The third-order valence-electron chi connectivity index (χ3n) is 4.31. The highest BCUT2D eigenvalue weighted by molar-refractivity contribution is 6.30. The number of nitrogens with one attached hydrogen (secondary N) is 2. The van der Waals surface area contributed by atoms with E-state index in [0.717, 1.165) is 5.56 Å². The first-order chi connectivity index (χ1) is 14.5. The fourth-order valence-electron chi connectivity index (χ4n) is 2.98. The van der Waals surface area contributed by atoms with Crippen molar-refractivity contribution in [3.63, 3.8) is 0 Å². The molecule has 0 saturated heterocycles. The van der Waals surface area contributed by atoms with Crippen molar-refractivity contribution in [2.24, 2.45) is 0 Å². The van der Waals surface area contributed by atoms with E-state index >= 15 is 0 Å².